The van der Waals surface area contributed by atoms with E-state index >= 15 is 0 Å². The third kappa shape index (κ3) is 3.88. The van der Waals surface area contributed by atoms with Crippen molar-refractivity contribution in [3.8, 4) is 0 Å². The largest absolute Gasteiger partial charge is 0.381 e. The van der Waals surface area contributed by atoms with Gasteiger partial charge in [0.1, 0.15) is 0 Å². The van der Waals surface area contributed by atoms with E-state index in [0.29, 0.717) is 44.4 Å². The maximum Gasteiger partial charge on any atom is 0.154 e. The summed E-state index contributed by atoms with van der Waals surface area (Å²) >= 11 is 0. The molecule has 21 heavy (non-hydrogen) atoms. The van der Waals surface area contributed by atoms with Crippen LogP contribution in [-0.4, -0.2) is 45.7 Å². The Labute approximate surface area is 129 Å². The first kappa shape index (κ1) is 17.0. The van der Waals surface area contributed by atoms with Gasteiger partial charge in [-0.15, -0.1) is 0 Å². The molecule has 0 unspecified atom stereocenters. The van der Waals surface area contributed by atoms with E-state index in [1.165, 1.54) is 24.7 Å². The van der Waals surface area contributed by atoms with Crippen molar-refractivity contribution in [3.05, 3.63) is 11.6 Å². The van der Waals surface area contributed by atoms with Crippen molar-refractivity contribution in [2.24, 2.45) is 11.8 Å². The lowest BCUT2D eigenvalue weighted by molar-refractivity contribution is 0.0742. The molecule has 122 valence electrons. The topological polar surface area (TPSA) is 55.4 Å². The van der Waals surface area contributed by atoms with E-state index in [1.807, 2.05) is 0 Å². The lowest BCUT2D eigenvalue weighted by atomic mass is 9.80. The van der Waals surface area contributed by atoms with Crippen molar-refractivity contribution >= 4 is 9.84 Å². The lowest BCUT2D eigenvalue weighted by Crippen LogP contribution is -2.51. The summed E-state index contributed by atoms with van der Waals surface area (Å²) in [5, 5.41) is 3.46. The van der Waals surface area contributed by atoms with Gasteiger partial charge in [0.05, 0.1) is 4.75 Å². The predicted molar refractivity (Wildman–Crippen MR) is 86.1 cm³/mol. The molecule has 2 aliphatic rings. The molecule has 1 saturated heterocycles. The van der Waals surface area contributed by atoms with Gasteiger partial charge in [-0.25, -0.2) is 8.42 Å². The quantitative estimate of drug-likeness (QED) is 0.790. The van der Waals surface area contributed by atoms with Gasteiger partial charge in [-0.05, 0) is 44.4 Å². The van der Waals surface area contributed by atoms with Crippen LogP contribution < -0.4 is 5.32 Å². The normalized spacial score (nSPS) is 30.0. The van der Waals surface area contributed by atoms with Crippen molar-refractivity contribution in [3.63, 3.8) is 0 Å². The zero-order valence-corrected chi connectivity index (χ0v) is 14.3. The van der Waals surface area contributed by atoms with Crippen molar-refractivity contribution in [2.45, 2.75) is 44.3 Å². The van der Waals surface area contributed by atoms with Crippen LogP contribution in [0.4, 0.5) is 0 Å². The molecule has 0 spiro atoms. The maximum atomic E-state index is 12.2. The molecule has 0 bridgehead atoms. The Kier molecular flexibility index (Phi) is 5.49. The number of sulfone groups is 1. The summed E-state index contributed by atoms with van der Waals surface area (Å²) in [6, 6.07) is 0. The molecule has 0 saturated carbocycles. The zero-order valence-electron chi connectivity index (χ0n) is 13.5. The van der Waals surface area contributed by atoms with E-state index in [1.54, 1.807) is 0 Å². The van der Waals surface area contributed by atoms with Crippen LogP contribution in [0.15, 0.2) is 11.6 Å². The zero-order chi connectivity index (χ0) is 15.5. The number of ether oxygens (including phenoxy) is 1. The lowest BCUT2D eigenvalue weighted by Gasteiger charge is -2.37. The number of allylic oxidation sites excluding steroid dienone is 1. The molecular formula is C16H29NO3S. The van der Waals surface area contributed by atoms with Gasteiger partial charge in [-0.3, -0.25) is 0 Å². The second kappa shape index (κ2) is 6.80. The van der Waals surface area contributed by atoms with Crippen LogP contribution in [0.2, 0.25) is 0 Å². The third-order valence-electron chi connectivity index (χ3n) is 5.36. The molecule has 5 heteroatoms. The van der Waals surface area contributed by atoms with Gasteiger partial charge in [0.25, 0.3) is 0 Å². The maximum absolute atomic E-state index is 12.2. The Morgan fingerprint density at radius 2 is 2.05 bits per heavy atom. The highest BCUT2D eigenvalue weighted by atomic mass is 32.2. The summed E-state index contributed by atoms with van der Waals surface area (Å²) in [5.74, 6) is 1.21. The number of hydrogen-bond donors (Lipinski definition) is 1. The van der Waals surface area contributed by atoms with Crippen LogP contribution in [0.5, 0.6) is 0 Å². The molecule has 4 nitrogen and oxygen atoms in total. The van der Waals surface area contributed by atoms with Gasteiger partial charge < -0.3 is 10.1 Å². The van der Waals surface area contributed by atoms with E-state index < -0.39 is 14.6 Å². The minimum atomic E-state index is -3.07. The molecule has 0 amide bonds. The number of rotatable bonds is 5. The van der Waals surface area contributed by atoms with E-state index in [9.17, 15) is 8.42 Å². The first-order valence-electron chi connectivity index (χ1n) is 8.00. The van der Waals surface area contributed by atoms with E-state index in [4.69, 9.17) is 4.74 Å². The second-order valence-electron chi connectivity index (χ2n) is 6.81. The van der Waals surface area contributed by atoms with E-state index in [0.717, 1.165) is 6.54 Å². The van der Waals surface area contributed by atoms with Crippen molar-refractivity contribution < 1.29 is 13.2 Å². The summed E-state index contributed by atoms with van der Waals surface area (Å²) < 4.78 is 29.1. The smallest absolute Gasteiger partial charge is 0.154 e. The van der Waals surface area contributed by atoms with Gasteiger partial charge in [0.15, 0.2) is 9.84 Å². The molecule has 0 aromatic carbocycles. The highest BCUT2D eigenvalue weighted by Crippen LogP contribution is 2.31. The van der Waals surface area contributed by atoms with Gasteiger partial charge in [0.2, 0.25) is 0 Å². The third-order valence-corrected chi connectivity index (χ3v) is 7.49. The van der Waals surface area contributed by atoms with Crippen molar-refractivity contribution in [1.29, 1.82) is 0 Å². The molecule has 0 aromatic heterocycles. The highest BCUT2D eigenvalue weighted by Gasteiger charge is 2.42. The Balaban J connectivity index is 1.97. The summed E-state index contributed by atoms with van der Waals surface area (Å²) in [6.45, 7) is 7.01. The predicted octanol–water partition coefficient (Wildman–Crippen LogP) is 2.16. The highest BCUT2D eigenvalue weighted by molar-refractivity contribution is 7.92. The van der Waals surface area contributed by atoms with Crippen LogP contribution in [-0.2, 0) is 14.6 Å². The van der Waals surface area contributed by atoms with Gasteiger partial charge in [0, 0.05) is 32.6 Å². The van der Waals surface area contributed by atoms with Crippen LogP contribution in [0, 0.1) is 11.8 Å². The van der Waals surface area contributed by atoms with Gasteiger partial charge in [-0.2, -0.15) is 0 Å². The van der Waals surface area contributed by atoms with Crippen molar-refractivity contribution in [2.75, 3.05) is 32.6 Å². The Bertz CT molecular complexity index is 478. The van der Waals surface area contributed by atoms with Crippen molar-refractivity contribution in [1.82, 2.24) is 5.32 Å². The van der Waals surface area contributed by atoms with Crippen LogP contribution in [0.25, 0.3) is 0 Å². The SMILES string of the molecule is CC1=CCC[C@@H](C)[C@@H]1CNCC1(S(C)(=O)=O)CCOCC1. The Hall–Kier alpha value is -0.390. The molecule has 0 radical (unpaired) electrons. The molecule has 2 rings (SSSR count). The first-order valence-corrected chi connectivity index (χ1v) is 9.90. The van der Waals surface area contributed by atoms with Crippen LogP contribution >= 0.6 is 0 Å². The molecular weight excluding hydrogens is 286 g/mol. The van der Waals surface area contributed by atoms with Crippen LogP contribution in [0.3, 0.4) is 0 Å². The Morgan fingerprint density at radius 3 is 2.62 bits per heavy atom. The van der Waals surface area contributed by atoms with E-state index in [2.05, 4.69) is 25.2 Å². The minimum Gasteiger partial charge on any atom is -0.381 e. The molecule has 1 heterocycles. The standard InChI is InChI=1S/C16H29NO3S/c1-13-5-4-6-14(2)15(13)11-17-12-16(21(3,18)19)7-9-20-10-8-16/h5,14-15,17H,4,6-12H2,1-3H3/t14-,15-/m1/s1. The minimum absolute atomic E-state index is 0.537. The number of hydrogen-bond acceptors (Lipinski definition) is 4. The molecule has 0 aromatic rings. The molecule has 1 fully saturated rings. The summed E-state index contributed by atoms with van der Waals surface area (Å²) in [4.78, 5) is 0. The first-order chi connectivity index (χ1) is 9.86. The average molecular weight is 315 g/mol. The Morgan fingerprint density at radius 1 is 1.38 bits per heavy atom. The monoisotopic (exact) mass is 315 g/mol. The van der Waals surface area contributed by atoms with Gasteiger partial charge >= 0.3 is 0 Å². The number of nitrogens with one attached hydrogen (secondary N) is 1. The fourth-order valence-electron chi connectivity index (χ4n) is 3.61. The second-order valence-corrected chi connectivity index (χ2v) is 9.22. The molecule has 2 atom stereocenters. The summed E-state index contributed by atoms with van der Waals surface area (Å²) in [6.07, 6.45) is 7.31. The van der Waals surface area contributed by atoms with Gasteiger partial charge in [-0.1, -0.05) is 18.6 Å². The molecule has 1 N–H and O–H groups in total. The van der Waals surface area contributed by atoms with Crippen LogP contribution in [0.1, 0.15) is 39.5 Å². The summed E-state index contributed by atoms with van der Waals surface area (Å²) in [7, 11) is -3.07. The molecule has 1 aliphatic carbocycles. The van der Waals surface area contributed by atoms with E-state index in [-0.39, 0.29) is 0 Å². The molecule has 1 aliphatic heterocycles. The fraction of sp³-hybridized carbons (Fsp3) is 0.875. The fourth-order valence-corrected chi connectivity index (χ4v) is 4.89. The average Bonchev–Trinajstić information content (AvgIpc) is 2.42. The summed E-state index contributed by atoms with van der Waals surface area (Å²) in [5.41, 5.74) is 1.45.